The topological polar surface area (TPSA) is 87.3 Å². The molecule has 208 valence electrons. The summed E-state index contributed by atoms with van der Waals surface area (Å²) < 4.78 is 27.7. The number of amides is 3. The highest BCUT2D eigenvalue weighted by atomic mass is 35.5. The molecule has 0 heterocycles. The molecule has 1 atom stereocenters. The second kappa shape index (κ2) is 13.7. The van der Waals surface area contributed by atoms with Gasteiger partial charge in [-0.05, 0) is 79.7 Å². The van der Waals surface area contributed by atoms with Gasteiger partial charge in [-0.25, -0.2) is 8.78 Å². The predicted molar refractivity (Wildman–Crippen MR) is 159 cm³/mol. The van der Waals surface area contributed by atoms with Crippen molar-refractivity contribution in [2.24, 2.45) is 0 Å². The summed E-state index contributed by atoms with van der Waals surface area (Å²) in [5.74, 6) is -2.63. The van der Waals surface area contributed by atoms with Gasteiger partial charge in [-0.3, -0.25) is 14.4 Å². The van der Waals surface area contributed by atoms with E-state index in [1.54, 1.807) is 61.5 Å². The molecular formula is C31H24ClF2N3O3S. The quantitative estimate of drug-likeness (QED) is 0.143. The number of rotatable bonds is 9. The minimum atomic E-state index is -0.710. The van der Waals surface area contributed by atoms with Gasteiger partial charge in [0.05, 0.1) is 10.3 Å². The third kappa shape index (κ3) is 8.26. The first-order valence-electron chi connectivity index (χ1n) is 12.4. The van der Waals surface area contributed by atoms with Crippen molar-refractivity contribution in [3.8, 4) is 0 Å². The molecule has 4 aromatic rings. The van der Waals surface area contributed by atoms with Crippen LogP contribution in [0.25, 0.3) is 6.08 Å². The standard InChI is InChI=1S/C31H24ClF2N3O3S/c1-19(29(38)35-22-15-13-21(33)14-16-22)41-24-10-5-9-23(17-24)36-31(40)28(18-25-26(32)11-6-12-27(25)34)37-30(39)20-7-3-2-4-8-20/h2-19H,1H3,(H,35,38)(H,36,40)(H,37,39)/b28-18+. The molecule has 0 bridgehead atoms. The van der Waals surface area contributed by atoms with E-state index in [1.165, 1.54) is 60.3 Å². The summed E-state index contributed by atoms with van der Waals surface area (Å²) in [6.07, 6.45) is 1.17. The normalized spacial score (nSPS) is 11.9. The summed E-state index contributed by atoms with van der Waals surface area (Å²) in [5.41, 5.74) is 0.869. The Hall–Kier alpha value is -4.47. The molecule has 0 aliphatic heterocycles. The second-order valence-electron chi connectivity index (χ2n) is 8.75. The maximum atomic E-state index is 14.5. The van der Waals surface area contributed by atoms with Crippen molar-refractivity contribution in [3.05, 3.63) is 131 Å². The molecule has 3 N–H and O–H groups in total. The number of hydrogen-bond acceptors (Lipinski definition) is 4. The van der Waals surface area contributed by atoms with Crippen LogP contribution in [0.5, 0.6) is 0 Å². The van der Waals surface area contributed by atoms with Crippen molar-refractivity contribution in [3.63, 3.8) is 0 Å². The number of nitrogens with one attached hydrogen (secondary N) is 3. The van der Waals surface area contributed by atoms with E-state index in [0.717, 1.165) is 0 Å². The first kappa shape index (κ1) is 29.5. The molecule has 41 heavy (non-hydrogen) atoms. The lowest BCUT2D eigenvalue weighted by atomic mass is 10.1. The smallest absolute Gasteiger partial charge is 0.272 e. The Morgan fingerprint density at radius 3 is 2.24 bits per heavy atom. The van der Waals surface area contributed by atoms with Gasteiger partial charge in [-0.1, -0.05) is 41.9 Å². The first-order chi connectivity index (χ1) is 19.7. The van der Waals surface area contributed by atoms with Gasteiger partial charge in [0.25, 0.3) is 11.8 Å². The van der Waals surface area contributed by atoms with Gasteiger partial charge < -0.3 is 16.0 Å². The van der Waals surface area contributed by atoms with Gasteiger partial charge >= 0.3 is 0 Å². The van der Waals surface area contributed by atoms with Gasteiger partial charge in [-0.15, -0.1) is 11.8 Å². The fraction of sp³-hybridized carbons (Fsp3) is 0.0645. The van der Waals surface area contributed by atoms with E-state index in [4.69, 9.17) is 11.6 Å². The summed E-state index contributed by atoms with van der Waals surface area (Å²) in [5, 5.41) is 7.53. The lowest BCUT2D eigenvalue weighted by Gasteiger charge is -2.14. The lowest BCUT2D eigenvalue weighted by Crippen LogP contribution is -2.30. The Labute approximate surface area is 244 Å². The molecule has 0 saturated heterocycles. The van der Waals surface area contributed by atoms with Crippen LogP contribution in [0.2, 0.25) is 5.02 Å². The second-order valence-corrected chi connectivity index (χ2v) is 10.6. The average molecular weight is 592 g/mol. The third-order valence-electron chi connectivity index (χ3n) is 5.70. The first-order valence-corrected chi connectivity index (χ1v) is 13.6. The minimum absolute atomic E-state index is 0.0574. The van der Waals surface area contributed by atoms with E-state index in [2.05, 4.69) is 16.0 Å². The van der Waals surface area contributed by atoms with Crippen LogP contribution in [0, 0.1) is 11.6 Å². The summed E-state index contributed by atoms with van der Waals surface area (Å²) in [6, 6.07) is 24.6. The zero-order chi connectivity index (χ0) is 29.4. The molecule has 0 aromatic heterocycles. The van der Waals surface area contributed by atoms with Crippen molar-refractivity contribution < 1.29 is 23.2 Å². The van der Waals surface area contributed by atoms with Crippen molar-refractivity contribution in [2.45, 2.75) is 17.1 Å². The van der Waals surface area contributed by atoms with Gasteiger partial charge in [0, 0.05) is 27.4 Å². The van der Waals surface area contributed by atoms with Crippen LogP contribution >= 0.6 is 23.4 Å². The zero-order valence-corrected chi connectivity index (χ0v) is 23.2. The van der Waals surface area contributed by atoms with Gasteiger partial charge in [0.2, 0.25) is 5.91 Å². The molecule has 0 radical (unpaired) electrons. The molecule has 10 heteroatoms. The van der Waals surface area contributed by atoms with E-state index >= 15 is 0 Å². The van der Waals surface area contributed by atoms with Gasteiger partial charge in [0.1, 0.15) is 17.3 Å². The molecule has 0 spiro atoms. The highest BCUT2D eigenvalue weighted by Gasteiger charge is 2.18. The Morgan fingerprint density at radius 2 is 1.54 bits per heavy atom. The molecule has 4 rings (SSSR count). The maximum absolute atomic E-state index is 14.5. The van der Waals surface area contributed by atoms with Crippen molar-refractivity contribution in [1.82, 2.24) is 5.32 Å². The molecule has 4 aromatic carbocycles. The summed E-state index contributed by atoms with van der Waals surface area (Å²) >= 11 is 7.41. The molecule has 0 saturated carbocycles. The highest BCUT2D eigenvalue weighted by Crippen LogP contribution is 2.27. The van der Waals surface area contributed by atoms with Gasteiger partial charge in [-0.2, -0.15) is 0 Å². The van der Waals surface area contributed by atoms with Crippen LogP contribution in [0.4, 0.5) is 20.2 Å². The Balaban J connectivity index is 1.51. The summed E-state index contributed by atoms with van der Waals surface area (Å²) in [6.45, 7) is 1.72. The van der Waals surface area contributed by atoms with E-state index in [9.17, 15) is 23.2 Å². The fourth-order valence-corrected chi connectivity index (χ4v) is 4.76. The zero-order valence-electron chi connectivity index (χ0n) is 21.7. The van der Waals surface area contributed by atoms with E-state index in [0.29, 0.717) is 21.8 Å². The number of halogens is 3. The van der Waals surface area contributed by atoms with Gasteiger partial charge in [0.15, 0.2) is 0 Å². The number of benzene rings is 4. The van der Waals surface area contributed by atoms with Crippen molar-refractivity contribution in [1.29, 1.82) is 0 Å². The fourth-order valence-electron chi connectivity index (χ4n) is 3.62. The average Bonchev–Trinajstić information content (AvgIpc) is 2.96. The predicted octanol–water partition coefficient (Wildman–Crippen LogP) is 7.15. The third-order valence-corrected chi connectivity index (χ3v) is 7.13. The largest absolute Gasteiger partial charge is 0.325 e. The molecular weight excluding hydrogens is 568 g/mol. The monoisotopic (exact) mass is 591 g/mol. The number of carbonyl (C=O) groups is 3. The molecule has 1 unspecified atom stereocenters. The Morgan fingerprint density at radius 1 is 0.829 bits per heavy atom. The van der Waals surface area contributed by atoms with Crippen LogP contribution in [0.1, 0.15) is 22.8 Å². The SMILES string of the molecule is CC(Sc1cccc(NC(=O)/C(=C\c2c(F)cccc2Cl)NC(=O)c2ccccc2)c1)C(=O)Nc1ccc(F)cc1. The Bertz CT molecular complexity index is 1580. The van der Waals surface area contributed by atoms with E-state index < -0.39 is 28.7 Å². The van der Waals surface area contributed by atoms with Crippen LogP contribution in [0.3, 0.4) is 0 Å². The van der Waals surface area contributed by atoms with Crippen molar-refractivity contribution in [2.75, 3.05) is 10.6 Å². The van der Waals surface area contributed by atoms with Crippen LogP contribution in [0.15, 0.2) is 108 Å². The maximum Gasteiger partial charge on any atom is 0.272 e. The van der Waals surface area contributed by atoms with Crippen LogP contribution in [-0.2, 0) is 9.59 Å². The van der Waals surface area contributed by atoms with Crippen LogP contribution in [-0.4, -0.2) is 23.0 Å². The van der Waals surface area contributed by atoms with E-state index in [1.807, 2.05) is 0 Å². The van der Waals surface area contributed by atoms with Crippen LogP contribution < -0.4 is 16.0 Å². The molecule has 0 aliphatic carbocycles. The number of anilines is 2. The minimum Gasteiger partial charge on any atom is -0.325 e. The highest BCUT2D eigenvalue weighted by molar-refractivity contribution is 8.00. The number of carbonyl (C=O) groups excluding carboxylic acids is 3. The molecule has 6 nitrogen and oxygen atoms in total. The van der Waals surface area contributed by atoms with E-state index in [-0.39, 0.29) is 22.2 Å². The summed E-state index contributed by atoms with van der Waals surface area (Å²) in [4.78, 5) is 39.5. The number of thioether (sulfide) groups is 1. The lowest BCUT2D eigenvalue weighted by molar-refractivity contribution is -0.115. The molecule has 3 amide bonds. The molecule has 0 fully saturated rings. The summed E-state index contributed by atoms with van der Waals surface area (Å²) in [7, 11) is 0. The molecule has 0 aliphatic rings. The Kier molecular flexibility index (Phi) is 9.89. The number of hydrogen-bond donors (Lipinski definition) is 3. The van der Waals surface area contributed by atoms with Crippen molar-refractivity contribution >= 4 is 58.5 Å².